The predicted octanol–water partition coefficient (Wildman–Crippen LogP) is 2.42. The number of amides is 2. The fourth-order valence-electron chi connectivity index (χ4n) is 4.57. The minimum Gasteiger partial charge on any atom is -0.381 e. The molecular formula is C24H31N5O3. The summed E-state index contributed by atoms with van der Waals surface area (Å²) in [6.07, 6.45) is 5.95. The molecule has 1 atom stereocenters. The van der Waals surface area contributed by atoms with Crippen molar-refractivity contribution in [2.75, 3.05) is 36.4 Å². The van der Waals surface area contributed by atoms with Gasteiger partial charge in [-0.3, -0.25) is 9.59 Å². The van der Waals surface area contributed by atoms with Crippen LogP contribution in [0.25, 0.3) is 0 Å². The van der Waals surface area contributed by atoms with Crippen LogP contribution in [0.2, 0.25) is 0 Å². The molecule has 2 fully saturated rings. The summed E-state index contributed by atoms with van der Waals surface area (Å²) in [5.41, 5.74) is 1.70. The van der Waals surface area contributed by atoms with Crippen molar-refractivity contribution >= 4 is 23.2 Å². The summed E-state index contributed by atoms with van der Waals surface area (Å²) in [6, 6.07) is 9.97. The minimum atomic E-state index is -1.32. The lowest BCUT2D eigenvalue weighted by atomic mass is 9.88. The number of nitrogens with zero attached hydrogens (tertiary/aromatic N) is 4. The lowest BCUT2D eigenvalue weighted by molar-refractivity contribution is -0.148. The van der Waals surface area contributed by atoms with E-state index in [1.165, 1.54) is 19.4 Å². The normalized spacial score (nSPS) is 19.8. The summed E-state index contributed by atoms with van der Waals surface area (Å²) in [6.45, 7) is 5.88. The fourth-order valence-corrected chi connectivity index (χ4v) is 4.57. The first kappa shape index (κ1) is 22.2. The van der Waals surface area contributed by atoms with Gasteiger partial charge in [0.15, 0.2) is 0 Å². The van der Waals surface area contributed by atoms with Gasteiger partial charge in [-0.05, 0) is 62.8 Å². The molecule has 1 aromatic carbocycles. The molecular weight excluding hydrogens is 406 g/mol. The van der Waals surface area contributed by atoms with Gasteiger partial charge in [0.25, 0.3) is 5.91 Å². The maximum Gasteiger partial charge on any atom is 0.253 e. The lowest BCUT2D eigenvalue weighted by Gasteiger charge is -2.35. The molecule has 8 heteroatoms. The zero-order valence-electron chi connectivity index (χ0n) is 18.7. The van der Waals surface area contributed by atoms with Gasteiger partial charge in [-0.1, -0.05) is 12.1 Å². The quantitative estimate of drug-likeness (QED) is 0.745. The van der Waals surface area contributed by atoms with Crippen molar-refractivity contribution < 1.29 is 14.7 Å². The molecule has 8 nitrogen and oxygen atoms in total. The van der Waals surface area contributed by atoms with Gasteiger partial charge in [-0.25, -0.2) is 0 Å². The molecule has 1 aromatic heterocycles. The third-order valence-electron chi connectivity index (χ3n) is 6.45. The van der Waals surface area contributed by atoms with Crippen molar-refractivity contribution in [2.45, 2.75) is 44.6 Å². The summed E-state index contributed by atoms with van der Waals surface area (Å²) in [4.78, 5) is 28.9. The van der Waals surface area contributed by atoms with Crippen LogP contribution in [0.15, 0.2) is 42.7 Å². The highest BCUT2D eigenvalue weighted by Crippen LogP contribution is 2.30. The molecule has 0 spiro atoms. The van der Waals surface area contributed by atoms with E-state index in [-0.39, 0.29) is 17.7 Å². The first-order valence-corrected chi connectivity index (χ1v) is 11.3. The first-order valence-electron chi connectivity index (χ1n) is 11.3. The number of anilines is 2. The van der Waals surface area contributed by atoms with E-state index in [4.69, 9.17) is 0 Å². The zero-order valence-corrected chi connectivity index (χ0v) is 18.7. The molecule has 0 aliphatic carbocycles. The van der Waals surface area contributed by atoms with Gasteiger partial charge < -0.3 is 20.2 Å². The molecule has 0 bridgehead atoms. The number of piperidine rings is 1. The van der Waals surface area contributed by atoms with Crippen LogP contribution in [0.5, 0.6) is 0 Å². The smallest absolute Gasteiger partial charge is 0.253 e. The van der Waals surface area contributed by atoms with Crippen LogP contribution in [0, 0.1) is 5.92 Å². The molecule has 170 valence electrons. The van der Waals surface area contributed by atoms with Crippen molar-refractivity contribution in [3.63, 3.8) is 0 Å². The van der Waals surface area contributed by atoms with Crippen LogP contribution in [0.3, 0.4) is 0 Å². The Morgan fingerprint density at radius 1 is 1.03 bits per heavy atom. The van der Waals surface area contributed by atoms with Crippen LogP contribution < -0.4 is 10.2 Å². The second kappa shape index (κ2) is 9.24. The van der Waals surface area contributed by atoms with E-state index in [9.17, 15) is 14.7 Å². The number of aliphatic hydroxyl groups is 1. The molecule has 2 aromatic rings. The molecule has 1 unspecified atom stereocenters. The number of rotatable bonds is 5. The topological polar surface area (TPSA) is 98.7 Å². The van der Waals surface area contributed by atoms with Crippen molar-refractivity contribution in [3.05, 3.63) is 48.3 Å². The van der Waals surface area contributed by atoms with E-state index < -0.39 is 5.60 Å². The highest BCUT2D eigenvalue weighted by molar-refractivity contribution is 5.93. The number of benzene rings is 1. The molecule has 0 saturated carbocycles. The molecule has 2 aliphatic heterocycles. The van der Waals surface area contributed by atoms with E-state index in [0.29, 0.717) is 25.6 Å². The van der Waals surface area contributed by atoms with Crippen LogP contribution in [-0.2, 0) is 9.59 Å². The average molecular weight is 438 g/mol. The molecule has 2 N–H and O–H groups in total. The van der Waals surface area contributed by atoms with Gasteiger partial charge in [-0.15, -0.1) is 0 Å². The average Bonchev–Trinajstić information content (AvgIpc) is 3.30. The molecule has 0 radical (unpaired) electrons. The van der Waals surface area contributed by atoms with Gasteiger partial charge in [0, 0.05) is 31.9 Å². The molecule has 3 heterocycles. The monoisotopic (exact) mass is 437 g/mol. The molecule has 4 rings (SSSR count). The maximum atomic E-state index is 12.7. The first-order chi connectivity index (χ1) is 15.3. The number of nitrogens with one attached hydrogen (secondary N) is 1. The summed E-state index contributed by atoms with van der Waals surface area (Å²) in [5, 5.41) is 20.7. The van der Waals surface area contributed by atoms with E-state index in [0.717, 1.165) is 37.2 Å². The van der Waals surface area contributed by atoms with Crippen LogP contribution in [0.4, 0.5) is 11.4 Å². The van der Waals surface area contributed by atoms with Crippen molar-refractivity contribution in [3.8, 4) is 0 Å². The van der Waals surface area contributed by atoms with E-state index >= 15 is 0 Å². The minimum absolute atomic E-state index is 0.0423. The number of hydrogen-bond donors (Lipinski definition) is 2. The van der Waals surface area contributed by atoms with Gasteiger partial charge >= 0.3 is 0 Å². The summed E-state index contributed by atoms with van der Waals surface area (Å²) in [7, 11) is 0. The predicted molar refractivity (Wildman–Crippen MR) is 122 cm³/mol. The van der Waals surface area contributed by atoms with Gasteiger partial charge in [-0.2, -0.15) is 10.2 Å². The second-order valence-corrected chi connectivity index (χ2v) is 9.27. The second-order valence-electron chi connectivity index (χ2n) is 9.27. The molecule has 2 saturated heterocycles. The highest BCUT2D eigenvalue weighted by atomic mass is 16.3. The Morgan fingerprint density at radius 3 is 2.38 bits per heavy atom. The Balaban J connectivity index is 1.28. The Hall–Kier alpha value is -3.00. The number of carbonyl (C=O) groups excluding carboxylic acids is 2. The fraction of sp³-hybridized carbons (Fsp3) is 0.500. The summed E-state index contributed by atoms with van der Waals surface area (Å²) >= 11 is 0. The SMILES string of the molecule is CC(C)(O)C(=O)N1CCC(c2ccc(NC(=O)C3CCN(c4ccnnc4)C3)cc2)CC1. The van der Waals surface area contributed by atoms with Crippen LogP contribution >= 0.6 is 0 Å². The highest BCUT2D eigenvalue weighted by Gasteiger charge is 2.32. The molecule has 32 heavy (non-hydrogen) atoms. The van der Waals surface area contributed by atoms with E-state index in [2.05, 4.69) is 32.5 Å². The Labute approximate surface area is 188 Å². The Kier molecular flexibility index (Phi) is 6.41. The standard InChI is InChI=1S/C24H31N5O3/c1-24(2,32)23(31)28-12-8-18(9-13-28)17-3-5-20(6-4-17)27-22(30)19-10-14-29(16-19)21-7-11-25-26-15-21/h3-7,11,15,18-19,32H,8-10,12-14,16H2,1-2H3,(H,27,30). The van der Waals surface area contributed by atoms with Crippen molar-refractivity contribution in [2.24, 2.45) is 5.92 Å². The number of aromatic nitrogens is 2. The maximum absolute atomic E-state index is 12.7. The van der Waals surface area contributed by atoms with Crippen molar-refractivity contribution in [1.82, 2.24) is 15.1 Å². The lowest BCUT2D eigenvalue weighted by Crippen LogP contribution is -2.48. The van der Waals surface area contributed by atoms with Crippen LogP contribution in [0.1, 0.15) is 44.6 Å². The van der Waals surface area contributed by atoms with Gasteiger partial charge in [0.05, 0.1) is 24.0 Å². The van der Waals surface area contributed by atoms with Crippen molar-refractivity contribution in [1.29, 1.82) is 0 Å². The van der Waals surface area contributed by atoms with E-state index in [1.807, 2.05) is 18.2 Å². The summed E-state index contributed by atoms with van der Waals surface area (Å²) in [5.74, 6) is 0.156. The molecule has 2 aliphatic rings. The summed E-state index contributed by atoms with van der Waals surface area (Å²) < 4.78 is 0. The molecule has 2 amide bonds. The largest absolute Gasteiger partial charge is 0.381 e. The number of carbonyl (C=O) groups is 2. The Morgan fingerprint density at radius 2 is 1.75 bits per heavy atom. The number of likely N-dealkylation sites (tertiary alicyclic amines) is 1. The Bertz CT molecular complexity index is 934. The third-order valence-corrected chi connectivity index (χ3v) is 6.45. The van der Waals surface area contributed by atoms with Gasteiger partial charge in [0.2, 0.25) is 5.91 Å². The van der Waals surface area contributed by atoms with Crippen LogP contribution in [-0.4, -0.2) is 63.8 Å². The zero-order chi connectivity index (χ0) is 22.7. The van der Waals surface area contributed by atoms with E-state index in [1.54, 1.807) is 17.3 Å². The van der Waals surface area contributed by atoms with Gasteiger partial charge in [0.1, 0.15) is 5.60 Å². The third kappa shape index (κ3) is 5.07. The number of hydrogen-bond acceptors (Lipinski definition) is 6.